The Morgan fingerprint density at radius 2 is 2.10 bits per heavy atom. The molecule has 1 atom stereocenters. The molecule has 6 heteroatoms. The zero-order chi connectivity index (χ0) is 14.7. The molecule has 1 aliphatic rings. The summed E-state index contributed by atoms with van der Waals surface area (Å²) in [4.78, 5) is 0. The Balaban J connectivity index is 1.68. The van der Waals surface area contributed by atoms with Crippen molar-refractivity contribution in [3.8, 4) is 11.4 Å². The highest BCUT2D eigenvalue weighted by molar-refractivity contribution is 7.99. The summed E-state index contributed by atoms with van der Waals surface area (Å²) >= 11 is 7.63. The molecule has 2 heterocycles. The van der Waals surface area contributed by atoms with Gasteiger partial charge in [0.2, 0.25) is 0 Å². The Labute approximate surface area is 133 Å². The molecule has 21 heavy (non-hydrogen) atoms. The van der Waals surface area contributed by atoms with E-state index in [1.807, 2.05) is 35.9 Å². The first kappa shape index (κ1) is 14.9. The van der Waals surface area contributed by atoms with Crippen molar-refractivity contribution < 1.29 is 4.74 Å². The molecule has 3 rings (SSSR count). The lowest BCUT2D eigenvalue weighted by Crippen LogP contribution is -2.21. The molecule has 0 spiro atoms. The predicted molar refractivity (Wildman–Crippen MR) is 85.8 cm³/mol. The highest BCUT2D eigenvalue weighted by atomic mass is 35.5. The number of hydrogen-bond donors (Lipinski definition) is 0. The Kier molecular flexibility index (Phi) is 4.83. The molecule has 1 saturated heterocycles. The van der Waals surface area contributed by atoms with Gasteiger partial charge in [0.1, 0.15) is 0 Å². The highest BCUT2D eigenvalue weighted by Crippen LogP contribution is 2.26. The topological polar surface area (TPSA) is 39.9 Å². The molecule has 1 unspecified atom stereocenters. The van der Waals surface area contributed by atoms with Gasteiger partial charge in [-0.2, -0.15) is 0 Å². The Bertz CT molecular complexity index is 593. The number of benzene rings is 1. The maximum absolute atomic E-state index is 5.92. The number of aromatic nitrogens is 3. The molecule has 1 aliphatic heterocycles. The van der Waals surface area contributed by atoms with E-state index < -0.39 is 0 Å². The third-order valence-corrected chi connectivity index (χ3v) is 5.01. The minimum absolute atomic E-state index is 0.347. The van der Waals surface area contributed by atoms with Crippen LogP contribution in [0, 0.1) is 0 Å². The van der Waals surface area contributed by atoms with Crippen molar-refractivity contribution in [3.63, 3.8) is 0 Å². The second kappa shape index (κ2) is 6.81. The van der Waals surface area contributed by atoms with E-state index in [1.54, 1.807) is 11.8 Å². The summed E-state index contributed by atoms with van der Waals surface area (Å²) in [5.74, 6) is 1.80. The van der Waals surface area contributed by atoms with Gasteiger partial charge in [-0.15, -0.1) is 10.2 Å². The van der Waals surface area contributed by atoms with Crippen LogP contribution >= 0.6 is 23.4 Å². The Morgan fingerprint density at radius 1 is 1.29 bits per heavy atom. The van der Waals surface area contributed by atoms with Crippen LogP contribution in [0.2, 0.25) is 5.02 Å². The summed E-state index contributed by atoms with van der Waals surface area (Å²) in [7, 11) is 1.99. The highest BCUT2D eigenvalue weighted by Gasteiger charge is 2.17. The quantitative estimate of drug-likeness (QED) is 0.802. The van der Waals surface area contributed by atoms with Gasteiger partial charge < -0.3 is 9.30 Å². The molecular weight excluding hydrogens is 306 g/mol. The van der Waals surface area contributed by atoms with Gasteiger partial charge in [-0.3, -0.25) is 0 Å². The van der Waals surface area contributed by atoms with E-state index in [9.17, 15) is 0 Å². The first-order chi connectivity index (χ1) is 10.2. The van der Waals surface area contributed by atoms with Crippen molar-refractivity contribution in [1.82, 2.24) is 14.8 Å². The first-order valence-electron chi connectivity index (χ1n) is 7.14. The summed E-state index contributed by atoms with van der Waals surface area (Å²) in [6, 6.07) is 7.67. The SMILES string of the molecule is Cn1c(SCC2CCCCO2)nnc1-c1ccc(Cl)cc1. The van der Waals surface area contributed by atoms with Crippen LogP contribution in [0.3, 0.4) is 0 Å². The predicted octanol–water partition coefficient (Wildman–Crippen LogP) is 3.80. The third kappa shape index (κ3) is 3.59. The standard InChI is InChI=1S/C15H18ClN3OS/c1-19-14(11-5-7-12(16)8-6-11)17-18-15(19)21-10-13-4-2-3-9-20-13/h5-8,13H,2-4,9-10H2,1H3. The number of nitrogens with zero attached hydrogens (tertiary/aromatic N) is 3. The van der Waals surface area contributed by atoms with Gasteiger partial charge >= 0.3 is 0 Å². The molecule has 0 saturated carbocycles. The summed E-state index contributed by atoms with van der Waals surface area (Å²) < 4.78 is 7.78. The van der Waals surface area contributed by atoms with E-state index in [0.717, 1.165) is 40.3 Å². The van der Waals surface area contributed by atoms with E-state index in [4.69, 9.17) is 16.3 Å². The Hall–Kier alpha value is -1.04. The lowest BCUT2D eigenvalue weighted by molar-refractivity contribution is 0.0315. The van der Waals surface area contributed by atoms with Crippen LogP contribution in [0.25, 0.3) is 11.4 Å². The van der Waals surface area contributed by atoms with Gasteiger partial charge in [-0.1, -0.05) is 23.4 Å². The lowest BCUT2D eigenvalue weighted by Gasteiger charge is -2.21. The number of halogens is 1. The minimum atomic E-state index is 0.347. The van der Waals surface area contributed by atoms with Gasteiger partial charge in [0.05, 0.1) is 6.10 Å². The molecule has 0 N–H and O–H groups in total. The molecule has 0 bridgehead atoms. The van der Waals surface area contributed by atoms with E-state index in [2.05, 4.69) is 10.2 Å². The molecular formula is C15H18ClN3OS. The van der Waals surface area contributed by atoms with E-state index in [0.29, 0.717) is 6.10 Å². The zero-order valence-corrected chi connectivity index (χ0v) is 13.5. The molecule has 0 radical (unpaired) electrons. The van der Waals surface area contributed by atoms with Gasteiger partial charge in [-0.05, 0) is 43.5 Å². The van der Waals surface area contributed by atoms with Gasteiger partial charge in [0, 0.05) is 30.0 Å². The fourth-order valence-electron chi connectivity index (χ4n) is 2.40. The van der Waals surface area contributed by atoms with Crippen LogP contribution in [-0.4, -0.2) is 33.2 Å². The van der Waals surface area contributed by atoms with Gasteiger partial charge in [0.15, 0.2) is 11.0 Å². The summed E-state index contributed by atoms with van der Waals surface area (Å²) in [5.41, 5.74) is 1.02. The fourth-order valence-corrected chi connectivity index (χ4v) is 3.50. The van der Waals surface area contributed by atoms with Crippen molar-refractivity contribution in [2.75, 3.05) is 12.4 Å². The monoisotopic (exact) mass is 323 g/mol. The van der Waals surface area contributed by atoms with E-state index >= 15 is 0 Å². The molecule has 1 aromatic heterocycles. The molecule has 1 aromatic carbocycles. The average Bonchev–Trinajstić information content (AvgIpc) is 2.88. The third-order valence-electron chi connectivity index (χ3n) is 3.61. The number of hydrogen-bond acceptors (Lipinski definition) is 4. The number of rotatable bonds is 4. The summed E-state index contributed by atoms with van der Waals surface area (Å²) in [6.07, 6.45) is 3.94. The largest absolute Gasteiger partial charge is 0.377 e. The summed E-state index contributed by atoms with van der Waals surface area (Å²) in [5, 5.41) is 10.2. The molecule has 112 valence electrons. The van der Waals surface area contributed by atoms with Crippen molar-refractivity contribution in [3.05, 3.63) is 29.3 Å². The average molecular weight is 324 g/mol. The molecule has 0 amide bonds. The van der Waals surface area contributed by atoms with Crippen LogP contribution in [0.1, 0.15) is 19.3 Å². The van der Waals surface area contributed by atoms with E-state index in [1.165, 1.54) is 12.8 Å². The van der Waals surface area contributed by atoms with Crippen molar-refractivity contribution in [1.29, 1.82) is 0 Å². The molecule has 1 fully saturated rings. The maximum Gasteiger partial charge on any atom is 0.191 e. The smallest absolute Gasteiger partial charge is 0.191 e. The van der Waals surface area contributed by atoms with E-state index in [-0.39, 0.29) is 0 Å². The number of ether oxygens (including phenoxy) is 1. The maximum atomic E-state index is 5.92. The minimum Gasteiger partial charge on any atom is -0.377 e. The second-order valence-electron chi connectivity index (χ2n) is 5.17. The van der Waals surface area contributed by atoms with Crippen LogP contribution in [0.15, 0.2) is 29.4 Å². The van der Waals surface area contributed by atoms with Crippen molar-refractivity contribution in [2.45, 2.75) is 30.5 Å². The van der Waals surface area contributed by atoms with Gasteiger partial charge in [0.25, 0.3) is 0 Å². The van der Waals surface area contributed by atoms with Crippen LogP contribution < -0.4 is 0 Å². The number of thioether (sulfide) groups is 1. The Morgan fingerprint density at radius 3 is 2.81 bits per heavy atom. The normalized spacial score (nSPS) is 18.9. The van der Waals surface area contributed by atoms with Crippen LogP contribution in [-0.2, 0) is 11.8 Å². The van der Waals surface area contributed by atoms with Crippen molar-refractivity contribution in [2.24, 2.45) is 7.05 Å². The lowest BCUT2D eigenvalue weighted by atomic mass is 10.1. The fraction of sp³-hybridized carbons (Fsp3) is 0.467. The molecule has 2 aromatic rings. The zero-order valence-electron chi connectivity index (χ0n) is 12.0. The second-order valence-corrected chi connectivity index (χ2v) is 6.60. The van der Waals surface area contributed by atoms with Crippen LogP contribution in [0.4, 0.5) is 0 Å². The molecule has 0 aliphatic carbocycles. The summed E-state index contributed by atoms with van der Waals surface area (Å²) in [6.45, 7) is 0.889. The molecule has 4 nitrogen and oxygen atoms in total. The van der Waals surface area contributed by atoms with Crippen molar-refractivity contribution >= 4 is 23.4 Å². The van der Waals surface area contributed by atoms with Crippen LogP contribution in [0.5, 0.6) is 0 Å². The first-order valence-corrected chi connectivity index (χ1v) is 8.50. The van der Waals surface area contributed by atoms with Gasteiger partial charge in [-0.25, -0.2) is 0 Å².